The monoisotopic (exact) mass is 287 g/mol. The second kappa shape index (κ2) is 5.65. The first-order chi connectivity index (χ1) is 10.1. The number of anilines is 1. The number of nitro benzene ring substituents is 1. The third-order valence-electron chi connectivity index (χ3n) is 3.74. The highest BCUT2D eigenvalue weighted by molar-refractivity contribution is 5.93. The molecule has 1 N–H and O–H groups in total. The molecule has 0 spiro atoms. The van der Waals surface area contributed by atoms with Crippen LogP contribution in [0.2, 0.25) is 0 Å². The summed E-state index contributed by atoms with van der Waals surface area (Å²) in [5.41, 5.74) is 2.64. The number of benzene rings is 1. The van der Waals surface area contributed by atoms with E-state index in [-0.39, 0.29) is 10.6 Å². The Hall–Kier alpha value is -2.21. The van der Waals surface area contributed by atoms with Gasteiger partial charge in [0, 0.05) is 48.0 Å². The van der Waals surface area contributed by atoms with Gasteiger partial charge in [-0.3, -0.25) is 15.1 Å². The number of ether oxygens (including phenoxy) is 1. The van der Waals surface area contributed by atoms with Crippen LogP contribution in [0.3, 0.4) is 0 Å². The summed E-state index contributed by atoms with van der Waals surface area (Å²) in [5, 5.41) is 15.1. The molecule has 1 fully saturated rings. The fourth-order valence-electron chi connectivity index (χ4n) is 2.60. The van der Waals surface area contributed by atoms with Crippen molar-refractivity contribution in [2.24, 2.45) is 5.92 Å². The molecule has 0 radical (unpaired) electrons. The predicted molar refractivity (Wildman–Crippen MR) is 80.6 cm³/mol. The van der Waals surface area contributed by atoms with Crippen molar-refractivity contribution in [1.82, 2.24) is 4.98 Å². The first kappa shape index (κ1) is 13.8. The molecule has 1 aromatic carbocycles. The van der Waals surface area contributed by atoms with E-state index in [1.165, 1.54) is 6.07 Å². The van der Waals surface area contributed by atoms with E-state index in [1.807, 2.05) is 13.0 Å². The van der Waals surface area contributed by atoms with Crippen LogP contribution < -0.4 is 5.32 Å². The molecule has 6 heteroatoms. The Morgan fingerprint density at radius 3 is 3.05 bits per heavy atom. The molecule has 0 saturated carbocycles. The van der Waals surface area contributed by atoms with E-state index in [0.717, 1.165) is 48.5 Å². The number of rotatable bonds is 4. The lowest BCUT2D eigenvalue weighted by Gasteiger charge is -2.13. The lowest BCUT2D eigenvalue weighted by atomic mass is 10.1. The highest BCUT2D eigenvalue weighted by Crippen LogP contribution is 2.27. The topological polar surface area (TPSA) is 77.3 Å². The van der Waals surface area contributed by atoms with Gasteiger partial charge >= 0.3 is 0 Å². The van der Waals surface area contributed by atoms with Crippen LogP contribution >= 0.6 is 0 Å². The van der Waals surface area contributed by atoms with Crippen molar-refractivity contribution in [2.75, 3.05) is 25.1 Å². The molecule has 1 aliphatic heterocycles. The van der Waals surface area contributed by atoms with Gasteiger partial charge in [0.25, 0.3) is 5.69 Å². The number of nitrogens with zero attached hydrogens (tertiary/aromatic N) is 2. The number of aromatic nitrogens is 1. The van der Waals surface area contributed by atoms with Crippen LogP contribution in [-0.2, 0) is 4.74 Å². The molecule has 0 amide bonds. The van der Waals surface area contributed by atoms with E-state index < -0.39 is 0 Å². The second-order valence-corrected chi connectivity index (χ2v) is 5.38. The van der Waals surface area contributed by atoms with E-state index in [2.05, 4.69) is 10.3 Å². The molecule has 0 bridgehead atoms. The number of aryl methyl sites for hydroxylation is 1. The molecule has 21 heavy (non-hydrogen) atoms. The Morgan fingerprint density at radius 2 is 2.33 bits per heavy atom. The number of nitro groups is 1. The van der Waals surface area contributed by atoms with Crippen molar-refractivity contribution in [2.45, 2.75) is 13.3 Å². The maximum atomic E-state index is 10.9. The van der Waals surface area contributed by atoms with Crippen molar-refractivity contribution >= 4 is 22.3 Å². The number of hydrogen-bond donors (Lipinski definition) is 1. The van der Waals surface area contributed by atoms with Gasteiger partial charge in [0.1, 0.15) is 0 Å². The summed E-state index contributed by atoms with van der Waals surface area (Å²) in [7, 11) is 0. The Kier molecular flexibility index (Phi) is 3.70. The molecule has 2 aromatic rings. The van der Waals surface area contributed by atoms with Crippen LogP contribution in [0.15, 0.2) is 24.3 Å². The quantitative estimate of drug-likeness (QED) is 0.691. The number of non-ortho nitro benzene ring substituents is 1. The third kappa shape index (κ3) is 2.95. The molecule has 1 aliphatic rings. The van der Waals surface area contributed by atoms with Gasteiger partial charge in [-0.25, -0.2) is 0 Å². The first-order valence-electron chi connectivity index (χ1n) is 7.01. The molecule has 0 aliphatic carbocycles. The first-order valence-corrected chi connectivity index (χ1v) is 7.01. The van der Waals surface area contributed by atoms with Gasteiger partial charge in [0.15, 0.2) is 0 Å². The van der Waals surface area contributed by atoms with E-state index in [9.17, 15) is 10.1 Å². The summed E-state index contributed by atoms with van der Waals surface area (Å²) < 4.78 is 5.37. The molecule has 2 heterocycles. The van der Waals surface area contributed by atoms with Gasteiger partial charge in [-0.05, 0) is 25.5 Å². The second-order valence-electron chi connectivity index (χ2n) is 5.38. The summed E-state index contributed by atoms with van der Waals surface area (Å²) in [6.07, 6.45) is 1.05. The van der Waals surface area contributed by atoms with Crippen molar-refractivity contribution in [1.29, 1.82) is 0 Å². The van der Waals surface area contributed by atoms with Gasteiger partial charge in [-0.1, -0.05) is 0 Å². The smallest absolute Gasteiger partial charge is 0.270 e. The van der Waals surface area contributed by atoms with Gasteiger partial charge in [-0.15, -0.1) is 0 Å². The van der Waals surface area contributed by atoms with Gasteiger partial charge in [0.2, 0.25) is 0 Å². The van der Waals surface area contributed by atoms with Gasteiger partial charge in [0.05, 0.1) is 17.0 Å². The third-order valence-corrected chi connectivity index (χ3v) is 3.74. The zero-order valence-corrected chi connectivity index (χ0v) is 11.8. The normalized spacial score (nSPS) is 18.0. The summed E-state index contributed by atoms with van der Waals surface area (Å²) in [6, 6.07) is 6.70. The SMILES string of the molecule is Cc1cc(NCC2CCOC2)c2cc([N+](=O)[O-])ccc2n1. The van der Waals surface area contributed by atoms with E-state index in [0.29, 0.717) is 5.92 Å². The minimum Gasteiger partial charge on any atom is -0.384 e. The standard InChI is InChI=1S/C15H17N3O3/c1-10-6-15(16-8-11-4-5-21-9-11)13-7-12(18(19)20)2-3-14(13)17-10/h2-3,6-7,11H,4-5,8-9H2,1H3,(H,16,17). The predicted octanol–water partition coefficient (Wildman–Crippen LogP) is 2.90. The largest absolute Gasteiger partial charge is 0.384 e. The average molecular weight is 287 g/mol. The maximum absolute atomic E-state index is 10.9. The lowest BCUT2D eigenvalue weighted by Crippen LogP contribution is -2.14. The van der Waals surface area contributed by atoms with Crippen LogP contribution in [-0.4, -0.2) is 29.7 Å². The zero-order chi connectivity index (χ0) is 14.8. The maximum Gasteiger partial charge on any atom is 0.270 e. The number of pyridine rings is 1. The van der Waals surface area contributed by atoms with Crippen molar-refractivity contribution in [3.05, 3.63) is 40.1 Å². The Morgan fingerprint density at radius 1 is 1.48 bits per heavy atom. The van der Waals surface area contributed by atoms with Crippen LogP contribution in [0.1, 0.15) is 12.1 Å². The number of nitrogens with one attached hydrogen (secondary N) is 1. The fourth-order valence-corrected chi connectivity index (χ4v) is 2.60. The number of hydrogen-bond acceptors (Lipinski definition) is 5. The zero-order valence-electron chi connectivity index (χ0n) is 11.8. The molecule has 1 unspecified atom stereocenters. The molecular formula is C15H17N3O3. The van der Waals surface area contributed by atoms with E-state index >= 15 is 0 Å². The Balaban J connectivity index is 1.94. The van der Waals surface area contributed by atoms with Crippen molar-refractivity contribution in [3.63, 3.8) is 0 Å². The highest BCUT2D eigenvalue weighted by atomic mass is 16.6. The molecule has 1 atom stereocenters. The summed E-state index contributed by atoms with van der Waals surface area (Å²) in [4.78, 5) is 15.0. The molecule has 3 rings (SSSR count). The van der Waals surface area contributed by atoms with Crippen molar-refractivity contribution in [3.8, 4) is 0 Å². The van der Waals surface area contributed by atoms with Crippen molar-refractivity contribution < 1.29 is 9.66 Å². The molecule has 6 nitrogen and oxygen atoms in total. The Bertz CT molecular complexity index is 681. The van der Waals surface area contributed by atoms with E-state index in [1.54, 1.807) is 12.1 Å². The minimum atomic E-state index is -0.381. The Labute approximate surface area is 122 Å². The minimum absolute atomic E-state index is 0.0837. The van der Waals surface area contributed by atoms with Crippen LogP contribution in [0.25, 0.3) is 10.9 Å². The van der Waals surface area contributed by atoms with Gasteiger partial charge < -0.3 is 10.1 Å². The summed E-state index contributed by atoms with van der Waals surface area (Å²) >= 11 is 0. The molecule has 110 valence electrons. The van der Waals surface area contributed by atoms with Crippen LogP contribution in [0, 0.1) is 23.0 Å². The van der Waals surface area contributed by atoms with Crippen LogP contribution in [0.4, 0.5) is 11.4 Å². The molecule has 1 saturated heterocycles. The number of fused-ring (bicyclic) bond motifs is 1. The van der Waals surface area contributed by atoms with Crippen LogP contribution in [0.5, 0.6) is 0 Å². The summed E-state index contributed by atoms with van der Waals surface area (Å²) in [5.74, 6) is 0.493. The fraction of sp³-hybridized carbons (Fsp3) is 0.400. The lowest BCUT2D eigenvalue weighted by molar-refractivity contribution is -0.384. The molecular weight excluding hydrogens is 270 g/mol. The molecule has 1 aromatic heterocycles. The highest BCUT2D eigenvalue weighted by Gasteiger charge is 2.16. The average Bonchev–Trinajstić information content (AvgIpc) is 2.97. The summed E-state index contributed by atoms with van der Waals surface area (Å²) in [6.45, 7) is 4.31. The van der Waals surface area contributed by atoms with Gasteiger partial charge in [-0.2, -0.15) is 0 Å². The van der Waals surface area contributed by atoms with E-state index in [4.69, 9.17) is 4.74 Å².